The zero-order valence-electron chi connectivity index (χ0n) is 17.6. The molecule has 0 spiro atoms. The number of amides is 1. The number of carbonyl (C=O) groups excluding carboxylic acids is 2. The molecule has 0 heterocycles. The summed E-state index contributed by atoms with van der Waals surface area (Å²) in [7, 11) is 0. The molecule has 26 heavy (non-hydrogen) atoms. The maximum Gasteiger partial charge on any atom is 0.408 e. The van der Waals surface area contributed by atoms with E-state index in [4.69, 9.17) is 9.47 Å². The maximum absolute atomic E-state index is 12.1. The third-order valence-electron chi connectivity index (χ3n) is 2.93. The van der Waals surface area contributed by atoms with E-state index in [0.717, 1.165) is 19.4 Å². The van der Waals surface area contributed by atoms with Crippen LogP contribution in [-0.4, -0.2) is 35.9 Å². The van der Waals surface area contributed by atoms with Gasteiger partial charge >= 0.3 is 12.1 Å². The Morgan fingerprint density at radius 1 is 1.04 bits per heavy atom. The SMILES string of the molecule is CCCCN/C=C/C(/C=C(/C)C(=O)OC(C)(C)C)NC(=O)OC(C)(C)C. The van der Waals surface area contributed by atoms with Gasteiger partial charge in [-0.2, -0.15) is 0 Å². The van der Waals surface area contributed by atoms with Gasteiger partial charge in [0, 0.05) is 12.1 Å². The highest BCUT2D eigenvalue weighted by Crippen LogP contribution is 2.12. The van der Waals surface area contributed by atoms with Gasteiger partial charge in [-0.15, -0.1) is 0 Å². The molecule has 0 bridgehead atoms. The Bertz CT molecular complexity index is 511. The van der Waals surface area contributed by atoms with E-state index < -0.39 is 29.3 Å². The molecule has 0 rings (SSSR count). The molecule has 150 valence electrons. The molecule has 0 aromatic carbocycles. The molecule has 0 aromatic rings. The molecule has 0 aromatic heterocycles. The molecular formula is C20H36N2O4. The first-order chi connectivity index (χ1) is 11.8. The first-order valence-electron chi connectivity index (χ1n) is 9.15. The second-order valence-corrected chi connectivity index (χ2v) is 8.19. The summed E-state index contributed by atoms with van der Waals surface area (Å²) >= 11 is 0. The highest BCUT2D eigenvalue weighted by Gasteiger charge is 2.20. The van der Waals surface area contributed by atoms with Crippen LogP contribution in [0.1, 0.15) is 68.2 Å². The largest absolute Gasteiger partial charge is 0.457 e. The number of nitrogens with one attached hydrogen (secondary N) is 2. The number of ether oxygens (including phenoxy) is 2. The molecule has 6 nitrogen and oxygen atoms in total. The second kappa shape index (κ2) is 10.9. The predicted molar refractivity (Wildman–Crippen MR) is 105 cm³/mol. The number of unbranched alkanes of at least 4 members (excludes halogenated alkanes) is 1. The van der Waals surface area contributed by atoms with Crippen LogP contribution in [0.3, 0.4) is 0 Å². The molecule has 0 aliphatic carbocycles. The van der Waals surface area contributed by atoms with Gasteiger partial charge in [-0.1, -0.05) is 13.3 Å². The number of alkyl carbamates (subject to hydrolysis) is 1. The van der Waals surface area contributed by atoms with Crippen molar-refractivity contribution < 1.29 is 19.1 Å². The summed E-state index contributed by atoms with van der Waals surface area (Å²) < 4.78 is 10.6. The van der Waals surface area contributed by atoms with E-state index in [2.05, 4.69) is 17.6 Å². The van der Waals surface area contributed by atoms with Crippen molar-refractivity contribution in [2.45, 2.75) is 85.5 Å². The van der Waals surface area contributed by atoms with Crippen molar-refractivity contribution in [2.75, 3.05) is 6.54 Å². The Kier molecular flexibility index (Phi) is 10.1. The number of carbonyl (C=O) groups is 2. The fourth-order valence-corrected chi connectivity index (χ4v) is 1.82. The smallest absolute Gasteiger partial charge is 0.408 e. The van der Waals surface area contributed by atoms with Crippen LogP contribution in [0.5, 0.6) is 0 Å². The fraction of sp³-hybridized carbons (Fsp3) is 0.700. The number of hydrogen-bond donors (Lipinski definition) is 2. The van der Waals surface area contributed by atoms with Crippen LogP contribution in [0, 0.1) is 0 Å². The summed E-state index contributed by atoms with van der Waals surface area (Å²) in [4.78, 5) is 24.2. The molecule has 6 heteroatoms. The van der Waals surface area contributed by atoms with Crippen molar-refractivity contribution in [3.63, 3.8) is 0 Å². The van der Waals surface area contributed by atoms with E-state index in [1.165, 1.54) is 0 Å². The van der Waals surface area contributed by atoms with Crippen molar-refractivity contribution in [1.29, 1.82) is 0 Å². The summed E-state index contributed by atoms with van der Waals surface area (Å²) in [5, 5.41) is 5.90. The molecule has 0 aliphatic rings. The summed E-state index contributed by atoms with van der Waals surface area (Å²) in [6.07, 6.45) is 6.80. The van der Waals surface area contributed by atoms with Crippen molar-refractivity contribution in [3.05, 3.63) is 23.9 Å². The fourth-order valence-electron chi connectivity index (χ4n) is 1.82. The van der Waals surface area contributed by atoms with Crippen LogP contribution in [-0.2, 0) is 14.3 Å². The quantitative estimate of drug-likeness (QED) is 0.384. The summed E-state index contributed by atoms with van der Waals surface area (Å²) in [6, 6.07) is -0.494. The predicted octanol–water partition coefficient (Wildman–Crippen LogP) is 4.07. The molecule has 1 amide bonds. The average Bonchev–Trinajstić information content (AvgIpc) is 2.42. The van der Waals surface area contributed by atoms with Crippen molar-refractivity contribution in [1.82, 2.24) is 10.6 Å². The zero-order chi connectivity index (χ0) is 20.4. The third-order valence-corrected chi connectivity index (χ3v) is 2.93. The van der Waals surface area contributed by atoms with Crippen LogP contribution in [0.25, 0.3) is 0 Å². The van der Waals surface area contributed by atoms with Gasteiger partial charge in [-0.05, 0) is 73.2 Å². The van der Waals surface area contributed by atoms with Gasteiger partial charge < -0.3 is 20.1 Å². The van der Waals surface area contributed by atoms with Gasteiger partial charge in [0.1, 0.15) is 11.2 Å². The Labute approximate surface area is 158 Å². The minimum absolute atomic E-state index is 0.416. The van der Waals surface area contributed by atoms with Gasteiger partial charge in [0.15, 0.2) is 0 Å². The lowest BCUT2D eigenvalue weighted by Gasteiger charge is -2.22. The van der Waals surface area contributed by atoms with Gasteiger partial charge in [0.05, 0.1) is 6.04 Å². The first-order valence-corrected chi connectivity index (χ1v) is 9.15. The van der Waals surface area contributed by atoms with Crippen molar-refractivity contribution in [2.24, 2.45) is 0 Å². The minimum atomic E-state index is -0.596. The zero-order valence-corrected chi connectivity index (χ0v) is 17.6. The van der Waals surface area contributed by atoms with Gasteiger partial charge in [-0.25, -0.2) is 9.59 Å². The highest BCUT2D eigenvalue weighted by atomic mass is 16.6. The molecule has 1 atom stereocenters. The van der Waals surface area contributed by atoms with E-state index in [9.17, 15) is 9.59 Å². The molecule has 0 fully saturated rings. The van der Waals surface area contributed by atoms with Gasteiger partial charge in [-0.3, -0.25) is 0 Å². The Morgan fingerprint density at radius 2 is 1.62 bits per heavy atom. The van der Waals surface area contributed by atoms with E-state index in [0.29, 0.717) is 5.57 Å². The van der Waals surface area contributed by atoms with Gasteiger partial charge in [0.25, 0.3) is 0 Å². The van der Waals surface area contributed by atoms with Crippen LogP contribution < -0.4 is 10.6 Å². The van der Waals surface area contributed by atoms with E-state index in [1.807, 2.05) is 20.8 Å². The van der Waals surface area contributed by atoms with Crippen molar-refractivity contribution >= 4 is 12.1 Å². The lowest BCUT2D eigenvalue weighted by atomic mass is 10.1. The molecule has 0 aliphatic heterocycles. The summed E-state index contributed by atoms with van der Waals surface area (Å²) in [6.45, 7) is 15.5. The lowest BCUT2D eigenvalue weighted by molar-refractivity contribution is -0.149. The second-order valence-electron chi connectivity index (χ2n) is 8.19. The molecule has 0 radical (unpaired) electrons. The van der Waals surface area contributed by atoms with Crippen LogP contribution in [0.2, 0.25) is 0 Å². The third kappa shape index (κ3) is 13.3. The average molecular weight is 369 g/mol. The van der Waals surface area contributed by atoms with Crippen LogP contribution in [0.15, 0.2) is 23.9 Å². The molecule has 0 saturated heterocycles. The molecule has 1 unspecified atom stereocenters. The normalized spacial score (nSPS) is 14.1. The summed E-state index contributed by atoms with van der Waals surface area (Å²) in [5.74, 6) is -0.416. The van der Waals surface area contributed by atoms with Crippen molar-refractivity contribution in [3.8, 4) is 0 Å². The standard InChI is InChI=1S/C20H36N2O4/c1-9-10-12-21-13-11-16(22-18(24)26-20(6,7)8)14-15(2)17(23)25-19(3,4)5/h11,13-14,16,21H,9-10,12H2,1-8H3,(H,22,24)/b13-11+,15-14-. The summed E-state index contributed by atoms with van der Waals surface area (Å²) in [5.41, 5.74) is -0.751. The number of esters is 1. The highest BCUT2D eigenvalue weighted by molar-refractivity contribution is 5.88. The Morgan fingerprint density at radius 3 is 2.12 bits per heavy atom. The van der Waals surface area contributed by atoms with E-state index in [-0.39, 0.29) is 0 Å². The maximum atomic E-state index is 12.1. The Hall–Kier alpha value is -1.98. The molecule has 2 N–H and O–H groups in total. The molecular weight excluding hydrogens is 332 g/mol. The van der Waals surface area contributed by atoms with Gasteiger partial charge in [0.2, 0.25) is 0 Å². The Balaban J connectivity index is 5.08. The lowest BCUT2D eigenvalue weighted by Crippen LogP contribution is -2.38. The topological polar surface area (TPSA) is 76.7 Å². The monoisotopic (exact) mass is 368 g/mol. The minimum Gasteiger partial charge on any atom is -0.457 e. The molecule has 0 saturated carbocycles. The van der Waals surface area contributed by atoms with E-state index in [1.54, 1.807) is 46.0 Å². The van der Waals surface area contributed by atoms with Crippen LogP contribution >= 0.6 is 0 Å². The number of hydrogen-bond acceptors (Lipinski definition) is 5. The number of rotatable bonds is 8. The van der Waals surface area contributed by atoms with E-state index >= 15 is 0 Å². The van der Waals surface area contributed by atoms with Crippen LogP contribution in [0.4, 0.5) is 4.79 Å². The first kappa shape index (κ1) is 24.0.